The van der Waals surface area contributed by atoms with Crippen molar-refractivity contribution in [3.8, 4) is 0 Å². The summed E-state index contributed by atoms with van der Waals surface area (Å²) in [5.74, 6) is 1.15. The molecule has 0 heterocycles. The fraction of sp³-hybridized carbons (Fsp3) is 0.909. The molecule has 0 saturated heterocycles. The highest BCUT2D eigenvalue weighted by atomic mass is 16.1. The number of carbonyl (C=O) groups is 1. The third kappa shape index (κ3) is 2.98. The molecule has 1 unspecified atom stereocenters. The largest absolute Gasteiger partial charge is 0.349 e. The Morgan fingerprint density at radius 3 is 2.50 bits per heavy atom. The maximum atomic E-state index is 11.6. The van der Waals surface area contributed by atoms with Crippen LogP contribution in [0.2, 0.25) is 0 Å². The standard InChI is InChI=1S/C11H22N2O/c1-8(2)6-10(14)13-11(3,7-12)9-4-5-9/h8-9H,4-7,12H2,1-3H3,(H,13,14). The fourth-order valence-corrected chi connectivity index (χ4v) is 1.78. The van der Waals surface area contributed by atoms with E-state index < -0.39 is 0 Å². The molecule has 3 heteroatoms. The molecule has 1 saturated carbocycles. The lowest BCUT2D eigenvalue weighted by atomic mass is 9.95. The highest BCUT2D eigenvalue weighted by molar-refractivity contribution is 5.77. The van der Waals surface area contributed by atoms with Crippen molar-refractivity contribution in [3.05, 3.63) is 0 Å². The molecule has 0 aromatic rings. The minimum absolute atomic E-state index is 0.139. The first kappa shape index (κ1) is 11.5. The van der Waals surface area contributed by atoms with E-state index in [1.165, 1.54) is 12.8 Å². The van der Waals surface area contributed by atoms with Gasteiger partial charge in [-0.1, -0.05) is 13.8 Å². The molecule has 0 radical (unpaired) electrons. The molecule has 1 aliphatic rings. The van der Waals surface area contributed by atoms with Crippen molar-refractivity contribution in [2.45, 2.75) is 45.6 Å². The van der Waals surface area contributed by atoms with Crippen molar-refractivity contribution in [1.29, 1.82) is 0 Å². The summed E-state index contributed by atoms with van der Waals surface area (Å²) < 4.78 is 0. The van der Waals surface area contributed by atoms with E-state index in [9.17, 15) is 4.79 Å². The molecule has 0 aromatic heterocycles. The lowest BCUT2D eigenvalue weighted by Crippen LogP contribution is -2.53. The highest BCUT2D eigenvalue weighted by Gasteiger charge is 2.41. The van der Waals surface area contributed by atoms with E-state index in [0.29, 0.717) is 24.8 Å². The molecule has 0 aromatic carbocycles. The van der Waals surface area contributed by atoms with Crippen molar-refractivity contribution in [1.82, 2.24) is 5.32 Å². The second kappa shape index (κ2) is 4.30. The van der Waals surface area contributed by atoms with E-state index in [2.05, 4.69) is 26.1 Å². The first-order chi connectivity index (χ1) is 6.48. The number of amides is 1. The van der Waals surface area contributed by atoms with Crippen LogP contribution in [0.25, 0.3) is 0 Å². The van der Waals surface area contributed by atoms with E-state index in [4.69, 9.17) is 5.73 Å². The number of nitrogens with one attached hydrogen (secondary N) is 1. The minimum atomic E-state index is -0.161. The number of hydrogen-bond acceptors (Lipinski definition) is 2. The van der Waals surface area contributed by atoms with Gasteiger partial charge in [-0.3, -0.25) is 4.79 Å². The predicted octanol–water partition coefficient (Wildman–Crippen LogP) is 1.28. The van der Waals surface area contributed by atoms with Gasteiger partial charge >= 0.3 is 0 Å². The molecule has 1 fully saturated rings. The van der Waals surface area contributed by atoms with E-state index in [1.807, 2.05) is 0 Å². The maximum Gasteiger partial charge on any atom is 0.220 e. The maximum absolute atomic E-state index is 11.6. The summed E-state index contributed by atoms with van der Waals surface area (Å²) in [7, 11) is 0. The third-order valence-corrected chi connectivity index (χ3v) is 2.92. The van der Waals surface area contributed by atoms with Crippen molar-refractivity contribution >= 4 is 5.91 Å². The Bertz CT molecular complexity index is 211. The molecular weight excluding hydrogens is 176 g/mol. The summed E-state index contributed by atoms with van der Waals surface area (Å²) in [4.78, 5) is 11.6. The van der Waals surface area contributed by atoms with E-state index in [0.717, 1.165) is 0 Å². The van der Waals surface area contributed by atoms with Crippen molar-refractivity contribution in [2.24, 2.45) is 17.6 Å². The van der Waals surface area contributed by atoms with Gasteiger partial charge in [-0.25, -0.2) is 0 Å². The lowest BCUT2D eigenvalue weighted by molar-refractivity contribution is -0.123. The molecule has 1 rings (SSSR count). The third-order valence-electron chi connectivity index (χ3n) is 2.92. The molecule has 3 N–H and O–H groups in total. The van der Waals surface area contributed by atoms with Gasteiger partial charge in [0.15, 0.2) is 0 Å². The molecule has 0 bridgehead atoms. The van der Waals surface area contributed by atoms with Crippen LogP contribution in [0.15, 0.2) is 0 Å². The smallest absolute Gasteiger partial charge is 0.220 e. The van der Waals surface area contributed by atoms with Crippen molar-refractivity contribution < 1.29 is 4.79 Å². The van der Waals surface area contributed by atoms with E-state index in [-0.39, 0.29) is 11.4 Å². The van der Waals surface area contributed by atoms with Gasteiger partial charge < -0.3 is 11.1 Å². The van der Waals surface area contributed by atoms with Crippen molar-refractivity contribution in [2.75, 3.05) is 6.54 Å². The second-order valence-corrected chi connectivity index (χ2v) is 5.04. The zero-order chi connectivity index (χ0) is 10.8. The molecule has 14 heavy (non-hydrogen) atoms. The van der Waals surface area contributed by atoms with Crippen LogP contribution < -0.4 is 11.1 Å². The molecule has 1 amide bonds. The summed E-state index contributed by atoms with van der Waals surface area (Å²) in [5.41, 5.74) is 5.55. The SMILES string of the molecule is CC(C)CC(=O)NC(C)(CN)C1CC1. The summed E-state index contributed by atoms with van der Waals surface area (Å²) in [6.45, 7) is 6.71. The van der Waals surface area contributed by atoms with Crippen LogP contribution in [0.4, 0.5) is 0 Å². The summed E-state index contributed by atoms with van der Waals surface area (Å²) in [6, 6.07) is 0. The van der Waals surface area contributed by atoms with Crippen LogP contribution in [0.1, 0.15) is 40.0 Å². The van der Waals surface area contributed by atoms with Crippen LogP contribution in [0.5, 0.6) is 0 Å². The number of carbonyl (C=O) groups excluding carboxylic acids is 1. The van der Waals surface area contributed by atoms with Gasteiger partial charge in [0.25, 0.3) is 0 Å². The Balaban J connectivity index is 2.43. The first-order valence-corrected chi connectivity index (χ1v) is 5.49. The zero-order valence-electron chi connectivity index (χ0n) is 9.47. The average molecular weight is 198 g/mol. The molecular formula is C11H22N2O. The summed E-state index contributed by atoms with van der Waals surface area (Å²) in [5, 5.41) is 3.07. The van der Waals surface area contributed by atoms with E-state index >= 15 is 0 Å². The van der Waals surface area contributed by atoms with Gasteiger partial charge in [0.05, 0.1) is 5.54 Å². The summed E-state index contributed by atoms with van der Waals surface area (Å²) in [6.07, 6.45) is 3.01. The van der Waals surface area contributed by atoms with Crippen LogP contribution in [0.3, 0.4) is 0 Å². The first-order valence-electron chi connectivity index (χ1n) is 5.49. The number of hydrogen-bond donors (Lipinski definition) is 2. The lowest BCUT2D eigenvalue weighted by Gasteiger charge is -2.29. The predicted molar refractivity (Wildman–Crippen MR) is 57.8 cm³/mol. The molecule has 1 atom stereocenters. The molecule has 1 aliphatic carbocycles. The highest BCUT2D eigenvalue weighted by Crippen LogP contribution is 2.39. The minimum Gasteiger partial charge on any atom is -0.349 e. The molecule has 0 spiro atoms. The van der Waals surface area contributed by atoms with E-state index in [1.54, 1.807) is 0 Å². The Kier molecular flexibility index (Phi) is 3.53. The van der Waals surface area contributed by atoms with Gasteiger partial charge in [-0.15, -0.1) is 0 Å². The van der Waals surface area contributed by atoms with Gasteiger partial charge in [-0.2, -0.15) is 0 Å². The molecule has 0 aliphatic heterocycles. The molecule has 3 nitrogen and oxygen atoms in total. The Morgan fingerprint density at radius 2 is 2.14 bits per heavy atom. The van der Waals surface area contributed by atoms with Gasteiger partial charge in [0.1, 0.15) is 0 Å². The van der Waals surface area contributed by atoms with Gasteiger partial charge in [0.2, 0.25) is 5.91 Å². The quantitative estimate of drug-likeness (QED) is 0.699. The monoisotopic (exact) mass is 198 g/mol. The second-order valence-electron chi connectivity index (χ2n) is 5.04. The van der Waals surface area contributed by atoms with Crippen LogP contribution in [-0.4, -0.2) is 18.0 Å². The Hall–Kier alpha value is -0.570. The fourth-order valence-electron chi connectivity index (χ4n) is 1.78. The van der Waals surface area contributed by atoms with Gasteiger partial charge in [0, 0.05) is 13.0 Å². The number of nitrogens with two attached hydrogens (primary N) is 1. The Labute approximate surface area is 86.4 Å². The Morgan fingerprint density at radius 1 is 1.57 bits per heavy atom. The normalized spacial score (nSPS) is 20.6. The zero-order valence-corrected chi connectivity index (χ0v) is 9.47. The summed E-state index contributed by atoms with van der Waals surface area (Å²) >= 11 is 0. The van der Waals surface area contributed by atoms with Crippen LogP contribution in [0, 0.1) is 11.8 Å². The van der Waals surface area contributed by atoms with Gasteiger partial charge in [-0.05, 0) is 31.6 Å². The van der Waals surface area contributed by atoms with Crippen molar-refractivity contribution in [3.63, 3.8) is 0 Å². The van der Waals surface area contributed by atoms with Crippen LogP contribution in [-0.2, 0) is 4.79 Å². The molecule has 82 valence electrons. The average Bonchev–Trinajstić information content (AvgIpc) is 2.84. The number of rotatable bonds is 5. The van der Waals surface area contributed by atoms with Crippen LogP contribution >= 0.6 is 0 Å². The topological polar surface area (TPSA) is 55.1 Å².